The Morgan fingerprint density at radius 3 is 2.59 bits per heavy atom. The first-order chi connectivity index (χ1) is 13.0. The molecule has 0 saturated carbocycles. The van der Waals surface area contributed by atoms with E-state index in [1.807, 2.05) is 30.3 Å². The third-order valence-corrected chi connectivity index (χ3v) is 4.09. The van der Waals surface area contributed by atoms with E-state index in [2.05, 4.69) is 15.3 Å². The molecule has 0 aliphatic carbocycles. The summed E-state index contributed by atoms with van der Waals surface area (Å²) < 4.78 is 6.67. The van der Waals surface area contributed by atoms with E-state index in [0.717, 1.165) is 11.3 Å². The molecule has 2 heterocycles. The van der Waals surface area contributed by atoms with Crippen molar-refractivity contribution in [1.82, 2.24) is 14.5 Å². The zero-order valence-electron chi connectivity index (χ0n) is 15.1. The topological polar surface area (TPSA) is 119 Å². The van der Waals surface area contributed by atoms with E-state index in [-0.39, 0.29) is 23.8 Å². The van der Waals surface area contributed by atoms with Crippen LogP contribution in [0.25, 0.3) is 11.4 Å². The lowest BCUT2D eigenvalue weighted by Gasteiger charge is -2.16. The number of ether oxygens (including phenoxy) is 1. The average molecular weight is 364 g/mol. The van der Waals surface area contributed by atoms with Crippen molar-refractivity contribution in [2.24, 2.45) is 5.73 Å². The third-order valence-electron chi connectivity index (χ3n) is 4.09. The summed E-state index contributed by atoms with van der Waals surface area (Å²) >= 11 is 0. The molecular weight excluding hydrogens is 344 g/mol. The first kappa shape index (κ1) is 18.1. The second-order valence-corrected chi connectivity index (χ2v) is 5.80. The van der Waals surface area contributed by atoms with Crippen LogP contribution in [0.3, 0.4) is 0 Å². The average Bonchev–Trinajstić information content (AvgIpc) is 2.70. The summed E-state index contributed by atoms with van der Waals surface area (Å²) in [6.45, 7) is 0.268. The van der Waals surface area contributed by atoms with Gasteiger partial charge in [-0.05, 0) is 29.8 Å². The van der Waals surface area contributed by atoms with Gasteiger partial charge in [0.05, 0.1) is 13.7 Å². The number of nitrogens with one attached hydrogen (secondary N) is 2. The second kappa shape index (κ2) is 7.69. The van der Waals surface area contributed by atoms with Crippen LogP contribution in [0.1, 0.15) is 11.1 Å². The highest BCUT2D eigenvalue weighted by Gasteiger charge is 2.19. The molecule has 1 aromatic carbocycles. The Morgan fingerprint density at radius 2 is 2.04 bits per heavy atom. The number of hydrogen-bond acceptors (Lipinski definition) is 6. The Balaban J connectivity index is 2.20. The number of rotatable bonds is 6. The van der Waals surface area contributed by atoms with Crippen LogP contribution in [0, 0.1) is 5.41 Å². The fourth-order valence-electron chi connectivity index (χ4n) is 2.75. The molecule has 4 N–H and O–H groups in total. The summed E-state index contributed by atoms with van der Waals surface area (Å²) in [5.74, 6) is 1.10. The normalized spacial score (nSPS) is 10.4. The largest absolute Gasteiger partial charge is 0.497 e. The van der Waals surface area contributed by atoms with Crippen molar-refractivity contribution in [3.63, 3.8) is 0 Å². The van der Waals surface area contributed by atoms with Gasteiger partial charge in [-0.2, -0.15) is 0 Å². The van der Waals surface area contributed by atoms with Crippen LogP contribution in [0.4, 0.5) is 5.82 Å². The lowest BCUT2D eigenvalue weighted by molar-refractivity contribution is 0.414. The minimum Gasteiger partial charge on any atom is -0.497 e. The van der Waals surface area contributed by atoms with Crippen molar-refractivity contribution < 1.29 is 4.74 Å². The van der Waals surface area contributed by atoms with Gasteiger partial charge in [0, 0.05) is 25.0 Å². The number of benzene rings is 1. The number of aromatic nitrogens is 3. The summed E-state index contributed by atoms with van der Waals surface area (Å²) in [6, 6.07) is 11.0. The van der Waals surface area contributed by atoms with Gasteiger partial charge in [0.1, 0.15) is 28.8 Å². The Hall–Kier alpha value is -3.68. The summed E-state index contributed by atoms with van der Waals surface area (Å²) in [5, 5.41) is 10.6. The van der Waals surface area contributed by atoms with Crippen LogP contribution in [-0.2, 0) is 6.54 Å². The Labute approximate surface area is 156 Å². The van der Waals surface area contributed by atoms with E-state index in [0.29, 0.717) is 11.4 Å². The van der Waals surface area contributed by atoms with Crippen LogP contribution >= 0.6 is 0 Å². The molecule has 27 heavy (non-hydrogen) atoms. The molecule has 0 saturated heterocycles. The minimum absolute atomic E-state index is 0.0404. The fraction of sp³-hybridized carbons (Fsp3) is 0.158. The summed E-state index contributed by atoms with van der Waals surface area (Å²) in [5.41, 5.74) is 6.86. The molecule has 2 aromatic heterocycles. The summed E-state index contributed by atoms with van der Waals surface area (Å²) in [7, 11) is 3.23. The number of anilines is 1. The second-order valence-electron chi connectivity index (χ2n) is 5.80. The number of pyridine rings is 1. The minimum atomic E-state index is -0.392. The maximum Gasteiger partial charge on any atom is 0.267 e. The smallest absolute Gasteiger partial charge is 0.267 e. The zero-order valence-corrected chi connectivity index (χ0v) is 15.1. The lowest BCUT2D eigenvalue weighted by Crippen LogP contribution is -2.33. The standard InChI is InChI=1S/C19H20N6O2/c1-22-17-15(16(20)21)19(26)25(11-12-5-7-14(27-2)8-6-12)18(24-17)13-4-3-9-23-10-13/h3-10,22H,11H2,1-2H3,(H3,20,21). The van der Waals surface area contributed by atoms with Gasteiger partial charge >= 0.3 is 0 Å². The fourth-order valence-corrected chi connectivity index (χ4v) is 2.75. The molecule has 0 fully saturated rings. The highest BCUT2D eigenvalue weighted by Crippen LogP contribution is 2.20. The van der Waals surface area contributed by atoms with Crippen molar-refractivity contribution in [1.29, 1.82) is 5.41 Å². The van der Waals surface area contributed by atoms with E-state index in [4.69, 9.17) is 15.9 Å². The van der Waals surface area contributed by atoms with Crippen molar-refractivity contribution >= 4 is 11.7 Å². The molecule has 0 bridgehead atoms. The van der Waals surface area contributed by atoms with Gasteiger partial charge in [0.25, 0.3) is 5.56 Å². The molecule has 0 spiro atoms. The van der Waals surface area contributed by atoms with E-state index >= 15 is 0 Å². The maximum atomic E-state index is 13.1. The van der Waals surface area contributed by atoms with Gasteiger partial charge in [-0.3, -0.25) is 19.8 Å². The summed E-state index contributed by atoms with van der Waals surface area (Å²) in [6.07, 6.45) is 3.29. The van der Waals surface area contributed by atoms with Crippen molar-refractivity contribution in [2.75, 3.05) is 19.5 Å². The van der Waals surface area contributed by atoms with E-state index in [1.54, 1.807) is 32.6 Å². The van der Waals surface area contributed by atoms with Crippen LogP contribution in [0.15, 0.2) is 53.6 Å². The van der Waals surface area contributed by atoms with E-state index in [1.165, 1.54) is 4.57 Å². The van der Waals surface area contributed by atoms with Crippen molar-refractivity contribution in [3.8, 4) is 17.1 Å². The molecule has 3 rings (SSSR count). The Morgan fingerprint density at radius 1 is 1.30 bits per heavy atom. The van der Waals surface area contributed by atoms with Gasteiger partial charge < -0.3 is 15.8 Å². The van der Waals surface area contributed by atoms with E-state index < -0.39 is 5.56 Å². The number of nitrogens with two attached hydrogens (primary N) is 1. The molecular formula is C19H20N6O2. The van der Waals surface area contributed by atoms with Gasteiger partial charge in [0.2, 0.25) is 0 Å². The molecule has 8 heteroatoms. The molecule has 0 aliphatic heterocycles. The number of amidine groups is 1. The van der Waals surface area contributed by atoms with Gasteiger partial charge in [0.15, 0.2) is 0 Å². The van der Waals surface area contributed by atoms with Crippen molar-refractivity contribution in [2.45, 2.75) is 6.54 Å². The van der Waals surface area contributed by atoms with Crippen LogP contribution in [-0.4, -0.2) is 34.5 Å². The number of hydrogen-bond donors (Lipinski definition) is 3. The highest BCUT2D eigenvalue weighted by atomic mass is 16.5. The Kier molecular flexibility index (Phi) is 5.16. The molecule has 3 aromatic rings. The first-order valence-electron chi connectivity index (χ1n) is 8.25. The number of nitrogens with zero attached hydrogens (tertiary/aromatic N) is 3. The molecule has 0 atom stereocenters. The van der Waals surface area contributed by atoms with Crippen molar-refractivity contribution in [3.05, 3.63) is 70.3 Å². The molecule has 0 amide bonds. The lowest BCUT2D eigenvalue weighted by atomic mass is 10.1. The van der Waals surface area contributed by atoms with Crippen LogP contribution in [0.5, 0.6) is 5.75 Å². The maximum absolute atomic E-state index is 13.1. The molecule has 0 unspecified atom stereocenters. The highest BCUT2D eigenvalue weighted by molar-refractivity contribution is 5.99. The SMILES string of the molecule is CNc1nc(-c2cccnc2)n(Cc2ccc(OC)cc2)c(=O)c1C(=N)N. The van der Waals surface area contributed by atoms with E-state index in [9.17, 15) is 4.79 Å². The number of nitrogen functional groups attached to an aromatic ring is 1. The zero-order chi connectivity index (χ0) is 19.4. The Bertz CT molecular complexity index is 1010. The first-order valence-corrected chi connectivity index (χ1v) is 8.25. The molecule has 138 valence electrons. The predicted octanol–water partition coefficient (Wildman–Crippen LogP) is 1.69. The quantitative estimate of drug-likeness (QED) is 0.452. The van der Waals surface area contributed by atoms with Gasteiger partial charge in [-0.1, -0.05) is 12.1 Å². The molecule has 0 radical (unpaired) electrons. The summed E-state index contributed by atoms with van der Waals surface area (Å²) in [4.78, 5) is 21.8. The monoisotopic (exact) mass is 364 g/mol. The molecule has 0 aliphatic rings. The van der Waals surface area contributed by atoms with Crippen LogP contribution < -0.4 is 21.3 Å². The van der Waals surface area contributed by atoms with Gasteiger partial charge in [-0.25, -0.2) is 4.98 Å². The molecule has 8 nitrogen and oxygen atoms in total. The van der Waals surface area contributed by atoms with Crippen LogP contribution in [0.2, 0.25) is 0 Å². The number of methoxy groups -OCH3 is 1. The van der Waals surface area contributed by atoms with Gasteiger partial charge in [-0.15, -0.1) is 0 Å². The predicted molar refractivity (Wildman–Crippen MR) is 104 cm³/mol. The third kappa shape index (κ3) is 3.64.